The van der Waals surface area contributed by atoms with Crippen molar-refractivity contribution >= 4 is 16.9 Å². The minimum Gasteiger partial charge on any atom is -0.478 e. The fourth-order valence-corrected chi connectivity index (χ4v) is 4.76. The Morgan fingerprint density at radius 1 is 1.25 bits per heavy atom. The van der Waals surface area contributed by atoms with Crippen LogP contribution in [-0.4, -0.2) is 28.9 Å². The molecule has 2 aliphatic rings. The second-order valence-electron chi connectivity index (χ2n) is 7.16. The van der Waals surface area contributed by atoms with Gasteiger partial charge >= 0.3 is 5.97 Å². The van der Waals surface area contributed by atoms with E-state index in [2.05, 4.69) is 11.5 Å². The standard InChI is InChI=1S/C20H25NO3/c1-2-21-18-5-3-14(13-7-9-24-10-8-13)11-16(18)17-12-15(20(22)23)4-6-19(17)21/h4,6,12-14H,2-3,5,7-11H2,1H3,(H,22,23)/t14-/m1/s1. The van der Waals surface area contributed by atoms with Gasteiger partial charge in [0, 0.05) is 36.4 Å². The Labute approximate surface area is 142 Å². The molecule has 1 fully saturated rings. The third-order valence-electron chi connectivity index (χ3n) is 6.00. The largest absolute Gasteiger partial charge is 0.478 e. The Hall–Kier alpha value is -1.81. The van der Waals surface area contributed by atoms with Crippen molar-refractivity contribution in [3.05, 3.63) is 35.0 Å². The van der Waals surface area contributed by atoms with Gasteiger partial charge in [0.05, 0.1) is 5.56 Å². The van der Waals surface area contributed by atoms with E-state index in [4.69, 9.17) is 4.74 Å². The van der Waals surface area contributed by atoms with Gasteiger partial charge in [0.2, 0.25) is 0 Å². The number of ether oxygens (including phenoxy) is 1. The molecule has 1 aliphatic heterocycles. The number of carbonyl (C=O) groups is 1. The Bertz CT molecular complexity index is 771. The molecule has 2 heterocycles. The molecule has 1 aromatic carbocycles. The van der Waals surface area contributed by atoms with Crippen molar-refractivity contribution in [2.24, 2.45) is 11.8 Å². The summed E-state index contributed by atoms with van der Waals surface area (Å²) in [5.41, 5.74) is 4.42. The molecule has 4 nitrogen and oxygen atoms in total. The molecule has 128 valence electrons. The Kier molecular flexibility index (Phi) is 4.09. The lowest BCUT2D eigenvalue weighted by Crippen LogP contribution is -2.28. The van der Waals surface area contributed by atoms with Gasteiger partial charge in [-0.25, -0.2) is 4.79 Å². The number of aromatic nitrogens is 1. The lowest BCUT2D eigenvalue weighted by Gasteiger charge is -2.33. The lowest BCUT2D eigenvalue weighted by molar-refractivity contribution is 0.0438. The number of nitrogens with zero attached hydrogens (tertiary/aromatic N) is 1. The molecule has 0 amide bonds. The van der Waals surface area contributed by atoms with Crippen molar-refractivity contribution in [2.75, 3.05) is 13.2 Å². The Morgan fingerprint density at radius 3 is 2.75 bits per heavy atom. The Balaban J connectivity index is 1.76. The van der Waals surface area contributed by atoms with Crippen LogP contribution in [0, 0.1) is 11.8 Å². The number of aryl methyl sites for hydroxylation is 1. The van der Waals surface area contributed by atoms with Crippen LogP contribution in [0.5, 0.6) is 0 Å². The van der Waals surface area contributed by atoms with Crippen LogP contribution in [0.4, 0.5) is 0 Å². The van der Waals surface area contributed by atoms with Gasteiger partial charge in [0.25, 0.3) is 0 Å². The third kappa shape index (κ3) is 2.53. The first-order chi connectivity index (χ1) is 11.7. The van der Waals surface area contributed by atoms with E-state index in [-0.39, 0.29) is 0 Å². The van der Waals surface area contributed by atoms with E-state index in [0.717, 1.165) is 43.9 Å². The lowest BCUT2D eigenvalue weighted by atomic mass is 9.75. The van der Waals surface area contributed by atoms with Crippen LogP contribution in [-0.2, 0) is 24.1 Å². The maximum absolute atomic E-state index is 11.4. The van der Waals surface area contributed by atoms with E-state index >= 15 is 0 Å². The number of aromatic carboxylic acids is 1. The number of carboxylic acid groups (broad SMARTS) is 1. The molecule has 4 rings (SSSR count). The van der Waals surface area contributed by atoms with E-state index in [1.807, 2.05) is 12.1 Å². The highest BCUT2D eigenvalue weighted by Crippen LogP contribution is 2.39. The van der Waals surface area contributed by atoms with Gasteiger partial charge in [-0.15, -0.1) is 0 Å². The zero-order chi connectivity index (χ0) is 16.7. The van der Waals surface area contributed by atoms with Crippen LogP contribution in [0.25, 0.3) is 10.9 Å². The summed E-state index contributed by atoms with van der Waals surface area (Å²) in [6.07, 6.45) is 5.80. The summed E-state index contributed by atoms with van der Waals surface area (Å²) in [4.78, 5) is 11.4. The molecule has 1 aromatic heterocycles. The summed E-state index contributed by atoms with van der Waals surface area (Å²) in [7, 11) is 0. The van der Waals surface area contributed by atoms with E-state index in [1.54, 1.807) is 6.07 Å². The molecule has 1 atom stereocenters. The van der Waals surface area contributed by atoms with Crippen LogP contribution in [0.3, 0.4) is 0 Å². The van der Waals surface area contributed by atoms with Crippen molar-refractivity contribution in [1.29, 1.82) is 0 Å². The average molecular weight is 327 g/mol. The molecule has 0 radical (unpaired) electrons. The molecule has 0 unspecified atom stereocenters. The van der Waals surface area contributed by atoms with Gasteiger partial charge in [0.1, 0.15) is 0 Å². The maximum Gasteiger partial charge on any atom is 0.335 e. The highest BCUT2D eigenvalue weighted by atomic mass is 16.5. The van der Waals surface area contributed by atoms with E-state index in [9.17, 15) is 9.90 Å². The van der Waals surface area contributed by atoms with Gasteiger partial charge in [-0.05, 0) is 74.6 Å². The summed E-state index contributed by atoms with van der Waals surface area (Å²) in [5.74, 6) is 0.632. The fourth-order valence-electron chi connectivity index (χ4n) is 4.76. The van der Waals surface area contributed by atoms with Crippen molar-refractivity contribution in [2.45, 2.75) is 45.6 Å². The predicted octanol–water partition coefficient (Wildman–Crippen LogP) is 3.89. The van der Waals surface area contributed by atoms with Gasteiger partial charge in [-0.3, -0.25) is 0 Å². The quantitative estimate of drug-likeness (QED) is 0.930. The van der Waals surface area contributed by atoms with Crippen molar-refractivity contribution in [1.82, 2.24) is 4.57 Å². The van der Waals surface area contributed by atoms with Crippen molar-refractivity contribution in [3.63, 3.8) is 0 Å². The molecule has 0 spiro atoms. The minimum absolute atomic E-state index is 0.395. The predicted molar refractivity (Wildman–Crippen MR) is 93.6 cm³/mol. The highest BCUT2D eigenvalue weighted by molar-refractivity contribution is 5.95. The van der Waals surface area contributed by atoms with Crippen LogP contribution >= 0.6 is 0 Å². The summed E-state index contributed by atoms with van der Waals surface area (Å²) in [6.45, 7) is 4.91. The molecule has 0 saturated carbocycles. The fraction of sp³-hybridized carbons (Fsp3) is 0.550. The van der Waals surface area contributed by atoms with Gasteiger partial charge in [-0.2, -0.15) is 0 Å². The van der Waals surface area contributed by atoms with Crippen LogP contribution in [0.2, 0.25) is 0 Å². The molecule has 1 saturated heterocycles. The molecular weight excluding hydrogens is 302 g/mol. The number of rotatable bonds is 3. The molecule has 1 aliphatic carbocycles. The number of benzene rings is 1. The van der Waals surface area contributed by atoms with Gasteiger partial charge < -0.3 is 14.4 Å². The summed E-state index contributed by atoms with van der Waals surface area (Å²) < 4.78 is 7.91. The van der Waals surface area contributed by atoms with E-state index < -0.39 is 5.97 Å². The molecule has 1 N–H and O–H groups in total. The van der Waals surface area contributed by atoms with E-state index in [1.165, 1.54) is 36.0 Å². The third-order valence-corrected chi connectivity index (χ3v) is 6.00. The van der Waals surface area contributed by atoms with Gasteiger partial charge in [0.15, 0.2) is 0 Å². The Morgan fingerprint density at radius 2 is 2.04 bits per heavy atom. The summed E-state index contributed by atoms with van der Waals surface area (Å²) in [5, 5.41) is 10.5. The molecule has 2 aromatic rings. The second kappa shape index (κ2) is 6.25. The van der Waals surface area contributed by atoms with Crippen LogP contribution < -0.4 is 0 Å². The first-order valence-corrected chi connectivity index (χ1v) is 9.14. The van der Waals surface area contributed by atoms with E-state index in [0.29, 0.717) is 11.5 Å². The monoisotopic (exact) mass is 327 g/mol. The molecule has 0 bridgehead atoms. The first kappa shape index (κ1) is 15.7. The molecular formula is C20H25NO3. The molecule has 24 heavy (non-hydrogen) atoms. The van der Waals surface area contributed by atoms with Crippen LogP contribution in [0.1, 0.15) is 47.8 Å². The molecule has 4 heteroatoms. The number of hydrogen-bond donors (Lipinski definition) is 1. The average Bonchev–Trinajstić information content (AvgIpc) is 2.94. The maximum atomic E-state index is 11.4. The smallest absolute Gasteiger partial charge is 0.335 e. The zero-order valence-electron chi connectivity index (χ0n) is 14.3. The minimum atomic E-state index is -0.841. The SMILES string of the molecule is CCn1c2c(c3cc(C(=O)O)ccc31)C[C@H](C1CCOCC1)CC2. The summed E-state index contributed by atoms with van der Waals surface area (Å²) >= 11 is 0. The number of fused-ring (bicyclic) bond motifs is 3. The normalized spacial score (nSPS) is 21.8. The topological polar surface area (TPSA) is 51.5 Å². The van der Waals surface area contributed by atoms with Crippen LogP contribution in [0.15, 0.2) is 18.2 Å². The number of carboxylic acids is 1. The summed E-state index contributed by atoms with van der Waals surface area (Å²) in [6, 6.07) is 5.61. The first-order valence-electron chi connectivity index (χ1n) is 9.14. The highest BCUT2D eigenvalue weighted by Gasteiger charge is 2.31. The van der Waals surface area contributed by atoms with Crippen molar-refractivity contribution in [3.8, 4) is 0 Å². The van der Waals surface area contributed by atoms with Crippen molar-refractivity contribution < 1.29 is 14.6 Å². The number of hydrogen-bond acceptors (Lipinski definition) is 2. The van der Waals surface area contributed by atoms with Gasteiger partial charge in [-0.1, -0.05) is 0 Å². The second-order valence-corrected chi connectivity index (χ2v) is 7.16. The zero-order valence-corrected chi connectivity index (χ0v) is 14.3.